The van der Waals surface area contributed by atoms with E-state index in [4.69, 9.17) is 16.3 Å². The molecule has 120 valence electrons. The second-order valence-corrected chi connectivity index (χ2v) is 6.31. The Morgan fingerprint density at radius 2 is 2.00 bits per heavy atom. The fourth-order valence-corrected chi connectivity index (χ4v) is 3.38. The molecule has 5 nitrogen and oxygen atoms in total. The molecule has 3 rings (SSSR count). The highest BCUT2D eigenvalue weighted by atomic mass is 35.5. The fraction of sp³-hybridized carbons (Fsp3) is 0.562. The van der Waals surface area contributed by atoms with Gasteiger partial charge in [0.15, 0.2) is 0 Å². The lowest BCUT2D eigenvalue weighted by Crippen LogP contribution is -2.43. The van der Waals surface area contributed by atoms with Crippen molar-refractivity contribution in [2.24, 2.45) is 0 Å². The normalized spacial score (nSPS) is 23.4. The number of urea groups is 1. The van der Waals surface area contributed by atoms with Gasteiger partial charge in [-0.3, -0.25) is 4.90 Å². The minimum absolute atomic E-state index is 0.188. The summed E-state index contributed by atoms with van der Waals surface area (Å²) in [6, 6.07) is 7.87. The largest absolute Gasteiger partial charge is 0.381 e. The van der Waals surface area contributed by atoms with E-state index in [1.54, 1.807) is 12.1 Å². The number of nitrogens with zero attached hydrogens (tertiary/aromatic N) is 1. The van der Waals surface area contributed by atoms with Gasteiger partial charge in [-0.25, -0.2) is 4.79 Å². The van der Waals surface area contributed by atoms with E-state index in [1.165, 1.54) is 0 Å². The Morgan fingerprint density at radius 3 is 2.77 bits per heavy atom. The number of hydrogen-bond acceptors (Lipinski definition) is 3. The molecule has 0 aliphatic carbocycles. The van der Waals surface area contributed by atoms with Gasteiger partial charge < -0.3 is 15.4 Å². The summed E-state index contributed by atoms with van der Waals surface area (Å²) in [4.78, 5) is 14.6. The van der Waals surface area contributed by atoms with Crippen molar-refractivity contribution >= 4 is 23.3 Å². The zero-order valence-corrected chi connectivity index (χ0v) is 13.3. The standard InChI is InChI=1S/C16H22ClN3O2/c17-14-3-1-2-4-15(14)19-16(21)18-12-5-8-20(11-12)13-6-9-22-10-7-13/h1-4,12-13H,5-11H2,(H2,18,19,21). The third-order valence-corrected chi connectivity index (χ3v) is 4.71. The van der Waals surface area contributed by atoms with Gasteiger partial charge in [-0.2, -0.15) is 0 Å². The first kappa shape index (κ1) is 15.6. The summed E-state index contributed by atoms with van der Waals surface area (Å²) in [6.45, 7) is 3.67. The molecule has 6 heteroatoms. The van der Waals surface area contributed by atoms with Crippen LogP contribution in [0.3, 0.4) is 0 Å². The smallest absolute Gasteiger partial charge is 0.319 e. The maximum absolute atomic E-state index is 12.1. The first-order chi connectivity index (χ1) is 10.7. The van der Waals surface area contributed by atoms with Crippen LogP contribution in [0.25, 0.3) is 0 Å². The molecule has 1 aromatic rings. The SMILES string of the molecule is O=C(Nc1ccccc1Cl)NC1CCN(C2CCOCC2)C1. The minimum Gasteiger partial charge on any atom is -0.381 e. The maximum Gasteiger partial charge on any atom is 0.319 e. The Labute approximate surface area is 136 Å². The number of amides is 2. The summed E-state index contributed by atoms with van der Waals surface area (Å²) >= 11 is 6.05. The van der Waals surface area contributed by atoms with Crippen LogP contribution in [-0.2, 0) is 4.74 Å². The summed E-state index contributed by atoms with van der Waals surface area (Å²) in [7, 11) is 0. The molecule has 2 amide bonds. The molecule has 2 heterocycles. The van der Waals surface area contributed by atoms with E-state index in [9.17, 15) is 4.79 Å². The van der Waals surface area contributed by atoms with Crippen LogP contribution < -0.4 is 10.6 Å². The molecule has 2 aliphatic heterocycles. The van der Waals surface area contributed by atoms with Crippen molar-refractivity contribution in [3.05, 3.63) is 29.3 Å². The van der Waals surface area contributed by atoms with Crippen LogP contribution in [0.1, 0.15) is 19.3 Å². The molecule has 2 fully saturated rings. The van der Waals surface area contributed by atoms with Crippen LogP contribution in [-0.4, -0.2) is 49.3 Å². The Balaban J connectivity index is 1.47. The summed E-state index contributed by atoms with van der Waals surface area (Å²) in [5.74, 6) is 0. The Morgan fingerprint density at radius 1 is 1.23 bits per heavy atom. The van der Waals surface area contributed by atoms with Crippen LogP contribution in [0.15, 0.2) is 24.3 Å². The van der Waals surface area contributed by atoms with Crippen molar-refractivity contribution in [2.75, 3.05) is 31.6 Å². The van der Waals surface area contributed by atoms with E-state index in [0.717, 1.165) is 45.6 Å². The van der Waals surface area contributed by atoms with Crippen molar-refractivity contribution in [2.45, 2.75) is 31.3 Å². The number of carbonyl (C=O) groups is 1. The van der Waals surface area contributed by atoms with Crippen molar-refractivity contribution in [3.63, 3.8) is 0 Å². The molecule has 0 bridgehead atoms. The summed E-state index contributed by atoms with van der Waals surface area (Å²) in [5.41, 5.74) is 0.640. The molecule has 1 atom stereocenters. The lowest BCUT2D eigenvalue weighted by molar-refractivity contribution is 0.0418. The lowest BCUT2D eigenvalue weighted by Gasteiger charge is -2.31. The summed E-state index contributed by atoms with van der Waals surface area (Å²) in [5, 5.41) is 6.40. The van der Waals surface area contributed by atoms with Crippen molar-refractivity contribution < 1.29 is 9.53 Å². The van der Waals surface area contributed by atoms with Crippen molar-refractivity contribution in [3.8, 4) is 0 Å². The molecule has 2 N–H and O–H groups in total. The van der Waals surface area contributed by atoms with Crippen LogP contribution in [0.5, 0.6) is 0 Å². The third-order valence-electron chi connectivity index (χ3n) is 4.38. The Hall–Kier alpha value is -1.30. The van der Waals surface area contributed by atoms with Gasteiger partial charge in [-0.1, -0.05) is 23.7 Å². The average molecular weight is 324 g/mol. The average Bonchev–Trinajstić information content (AvgIpc) is 2.99. The van der Waals surface area contributed by atoms with Gasteiger partial charge in [0.25, 0.3) is 0 Å². The molecular formula is C16H22ClN3O2. The highest BCUT2D eigenvalue weighted by Gasteiger charge is 2.30. The number of anilines is 1. The summed E-state index contributed by atoms with van der Waals surface area (Å²) < 4.78 is 5.41. The molecule has 0 aromatic heterocycles. The number of para-hydroxylation sites is 1. The molecule has 1 aromatic carbocycles. The predicted molar refractivity (Wildman–Crippen MR) is 87.4 cm³/mol. The number of carbonyl (C=O) groups excluding carboxylic acids is 1. The zero-order valence-electron chi connectivity index (χ0n) is 12.6. The molecule has 0 saturated carbocycles. The van der Waals surface area contributed by atoms with Crippen LogP contribution in [0.2, 0.25) is 5.02 Å². The van der Waals surface area contributed by atoms with Crippen LogP contribution in [0.4, 0.5) is 10.5 Å². The van der Waals surface area contributed by atoms with Crippen LogP contribution >= 0.6 is 11.6 Å². The predicted octanol–water partition coefficient (Wildman–Crippen LogP) is 2.71. The molecule has 2 aliphatic rings. The van der Waals surface area contributed by atoms with E-state index in [-0.39, 0.29) is 12.1 Å². The van der Waals surface area contributed by atoms with Gasteiger partial charge in [0, 0.05) is 38.4 Å². The number of benzene rings is 1. The molecule has 0 radical (unpaired) electrons. The molecular weight excluding hydrogens is 302 g/mol. The number of likely N-dealkylation sites (tertiary alicyclic amines) is 1. The van der Waals surface area contributed by atoms with Crippen molar-refractivity contribution in [1.29, 1.82) is 0 Å². The van der Waals surface area contributed by atoms with E-state index in [2.05, 4.69) is 15.5 Å². The topological polar surface area (TPSA) is 53.6 Å². The zero-order chi connectivity index (χ0) is 15.4. The van der Waals surface area contributed by atoms with E-state index < -0.39 is 0 Å². The Kier molecular flexibility index (Phi) is 5.18. The highest BCUT2D eigenvalue weighted by Crippen LogP contribution is 2.22. The van der Waals surface area contributed by atoms with Gasteiger partial charge in [0.1, 0.15) is 0 Å². The summed E-state index contributed by atoms with van der Waals surface area (Å²) in [6.07, 6.45) is 3.18. The third kappa shape index (κ3) is 3.91. The second-order valence-electron chi connectivity index (χ2n) is 5.90. The number of hydrogen-bond donors (Lipinski definition) is 2. The van der Waals surface area contributed by atoms with E-state index in [1.807, 2.05) is 12.1 Å². The highest BCUT2D eigenvalue weighted by molar-refractivity contribution is 6.33. The fourth-order valence-electron chi connectivity index (χ4n) is 3.19. The number of nitrogens with one attached hydrogen (secondary N) is 2. The van der Waals surface area contributed by atoms with Gasteiger partial charge in [-0.05, 0) is 31.4 Å². The molecule has 1 unspecified atom stereocenters. The van der Waals surface area contributed by atoms with Crippen molar-refractivity contribution in [1.82, 2.24) is 10.2 Å². The maximum atomic E-state index is 12.1. The molecule has 0 spiro atoms. The van der Waals surface area contributed by atoms with Gasteiger partial charge in [-0.15, -0.1) is 0 Å². The minimum atomic E-state index is -0.188. The first-order valence-corrected chi connectivity index (χ1v) is 8.24. The molecule has 22 heavy (non-hydrogen) atoms. The Bertz CT molecular complexity index is 520. The first-order valence-electron chi connectivity index (χ1n) is 7.86. The second kappa shape index (κ2) is 7.31. The van der Waals surface area contributed by atoms with Gasteiger partial charge in [0.05, 0.1) is 10.7 Å². The number of ether oxygens (including phenoxy) is 1. The lowest BCUT2D eigenvalue weighted by atomic mass is 10.1. The van der Waals surface area contributed by atoms with Crippen LogP contribution in [0, 0.1) is 0 Å². The number of halogens is 1. The molecule has 2 saturated heterocycles. The number of rotatable bonds is 3. The quantitative estimate of drug-likeness (QED) is 0.899. The monoisotopic (exact) mass is 323 g/mol. The van der Waals surface area contributed by atoms with E-state index in [0.29, 0.717) is 16.8 Å². The van der Waals surface area contributed by atoms with E-state index >= 15 is 0 Å². The van der Waals surface area contributed by atoms with Gasteiger partial charge in [0.2, 0.25) is 0 Å². The van der Waals surface area contributed by atoms with Gasteiger partial charge >= 0.3 is 6.03 Å².